The summed E-state index contributed by atoms with van der Waals surface area (Å²) in [4.78, 5) is 0.358. The summed E-state index contributed by atoms with van der Waals surface area (Å²) in [6.45, 7) is 2.01. The highest BCUT2D eigenvalue weighted by Crippen LogP contribution is 2.28. The third kappa shape index (κ3) is 4.85. The van der Waals surface area contributed by atoms with E-state index in [9.17, 15) is 8.42 Å². The SMILES string of the molecule is CC1C=C(Oc2ccc(S(=O)(=O)c3ccc(Oc4ccc(N)cc4)cc3)cc2)C=CC1N. The minimum Gasteiger partial charge on any atom is -0.458 e. The van der Waals surface area contributed by atoms with Crippen LogP contribution in [0.25, 0.3) is 0 Å². The largest absolute Gasteiger partial charge is 0.458 e. The van der Waals surface area contributed by atoms with E-state index in [4.69, 9.17) is 20.9 Å². The normalized spacial score (nSPS) is 18.1. The van der Waals surface area contributed by atoms with Gasteiger partial charge >= 0.3 is 0 Å². The molecular weight excluding hydrogens is 424 g/mol. The van der Waals surface area contributed by atoms with Crippen molar-refractivity contribution in [1.29, 1.82) is 0 Å². The lowest BCUT2D eigenvalue weighted by Crippen LogP contribution is -2.27. The minimum absolute atomic E-state index is 0.0295. The lowest BCUT2D eigenvalue weighted by molar-refractivity contribution is 0.427. The maximum atomic E-state index is 13.0. The first-order valence-corrected chi connectivity index (χ1v) is 11.6. The van der Waals surface area contributed by atoms with Crippen LogP contribution >= 0.6 is 0 Å². The van der Waals surface area contributed by atoms with Gasteiger partial charge in [-0.15, -0.1) is 0 Å². The Bertz CT molecular complexity index is 1250. The number of sulfone groups is 1. The Kier molecular flexibility index (Phi) is 6.03. The van der Waals surface area contributed by atoms with Gasteiger partial charge in [0.05, 0.1) is 9.79 Å². The van der Waals surface area contributed by atoms with Gasteiger partial charge in [0, 0.05) is 11.7 Å². The van der Waals surface area contributed by atoms with Crippen LogP contribution in [0.3, 0.4) is 0 Å². The van der Waals surface area contributed by atoms with Crippen LogP contribution in [0.2, 0.25) is 0 Å². The molecule has 4 N–H and O–H groups in total. The molecule has 1 aliphatic rings. The summed E-state index contributed by atoms with van der Waals surface area (Å²) in [5.74, 6) is 2.55. The molecule has 6 nitrogen and oxygen atoms in total. The molecule has 0 saturated heterocycles. The van der Waals surface area contributed by atoms with Crippen molar-refractivity contribution in [2.24, 2.45) is 11.7 Å². The van der Waals surface area contributed by atoms with Crippen molar-refractivity contribution in [3.05, 3.63) is 96.8 Å². The fraction of sp³-hybridized carbons (Fsp3) is 0.120. The minimum atomic E-state index is -3.67. The van der Waals surface area contributed by atoms with Crippen molar-refractivity contribution in [1.82, 2.24) is 0 Å². The van der Waals surface area contributed by atoms with Crippen molar-refractivity contribution < 1.29 is 17.9 Å². The molecule has 164 valence electrons. The summed E-state index contributed by atoms with van der Waals surface area (Å²) in [6, 6.07) is 19.6. The molecule has 0 spiro atoms. The number of rotatable bonds is 6. The van der Waals surface area contributed by atoms with E-state index in [2.05, 4.69) is 0 Å². The lowest BCUT2D eigenvalue weighted by atomic mass is 9.97. The van der Waals surface area contributed by atoms with E-state index >= 15 is 0 Å². The van der Waals surface area contributed by atoms with Gasteiger partial charge < -0.3 is 20.9 Å². The highest BCUT2D eigenvalue weighted by molar-refractivity contribution is 7.91. The van der Waals surface area contributed by atoms with E-state index in [1.807, 2.05) is 25.2 Å². The Hall–Kier alpha value is -3.55. The molecule has 1 aliphatic carbocycles. The van der Waals surface area contributed by atoms with Crippen molar-refractivity contribution in [2.75, 3.05) is 5.73 Å². The van der Waals surface area contributed by atoms with E-state index in [-0.39, 0.29) is 21.8 Å². The Morgan fingerprint density at radius 3 is 1.72 bits per heavy atom. The summed E-state index contributed by atoms with van der Waals surface area (Å²) in [7, 11) is -3.67. The molecule has 2 atom stereocenters. The van der Waals surface area contributed by atoms with Gasteiger partial charge in [0.15, 0.2) is 0 Å². The second kappa shape index (κ2) is 8.90. The van der Waals surface area contributed by atoms with Crippen LogP contribution in [-0.4, -0.2) is 14.5 Å². The number of allylic oxidation sites excluding steroid dienone is 1. The first-order valence-electron chi connectivity index (χ1n) is 10.1. The van der Waals surface area contributed by atoms with Crippen LogP contribution in [0.15, 0.2) is 107 Å². The van der Waals surface area contributed by atoms with Crippen LogP contribution in [0.1, 0.15) is 6.92 Å². The van der Waals surface area contributed by atoms with Crippen molar-refractivity contribution in [3.63, 3.8) is 0 Å². The monoisotopic (exact) mass is 448 g/mol. The maximum Gasteiger partial charge on any atom is 0.206 e. The summed E-state index contributed by atoms with van der Waals surface area (Å²) in [5.41, 5.74) is 12.3. The molecule has 3 aromatic rings. The van der Waals surface area contributed by atoms with E-state index in [1.54, 1.807) is 48.5 Å². The molecule has 7 heteroatoms. The van der Waals surface area contributed by atoms with Gasteiger partial charge in [-0.25, -0.2) is 8.42 Å². The first-order chi connectivity index (χ1) is 15.3. The molecule has 0 aliphatic heterocycles. The van der Waals surface area contributed by atoms with E-state index in [0.29, 0.717) is 28.7 Å². The lowest BCUT2D eigenvalue weighted by Gasteiger charge is -2.19. The molecule has 0 bridgehead atoms. The molecule has 0 radical (unpaired) electrons. The van der Waals surface area contributed by atoms with Gasteiger partial charge in [-0.2, -0.15) is 0 Å². The molecule has 0 amide bonds. The summed E-state index contributed by atoms with van der Waals surface area (Å²) in [6.07, 6.45) is 5.66. The fourth-order valence-electron chi connectivity index (χ4n) is 3.19. The third-order valence-electron chi connectivity index (χ3n) is 5.14. The number of hydrogen-bond acceptors (Lipinski definition) is 6. The Balaban J connectivity index is 1.46. The maximum absolute atomic E-state index is 13.0. The average Bonchev–Trinajstić information content (AvgIpc) is 2.79. The van der Waals surface area contributed by atoms with Gasteiger partial charge in [-0.1, -0.05) is 13.0 Å². The van der Waals surface area contributed by atoms with Crippen LogP contribution < -0.4 is 20.9 Å². The van der Waals surface area contributed by atoms with Gasteiger partial charge in [0.25, 0.3) is 0 Å². The zero-order chi connectivity index (χ0) is 22.7. The topological polar surface area (TPSA) is 105 Å². The van der Waals surface area contributed by atoms with E-state index in [0.717, 1.165) is 0 Å². The predicted octanol–water partition coefficient (Wildman–Crippen LogP) is 4.69. The van der Waals surface area contributed by atoms with Crippen molar-refractivity contribution in [3.8, 4) is 17.2 Å². The second-order valence-corrected chi connectivity index (χ2v) is 9.53. The number of benzene rings is 3. The Morgan fingerprint density at radius 2 is 1.22 bits per heavy atom. The fourth-order valence-corrected chi connectivity index (χ4v) is 4.45. The molecule has 4 rings (SSSR count). The summed E-state index contributed by atoms with van der Waals surface area (Å²) in [5, 5.41) is 0. The third-order valence-corrected chi connectivity index (χ3v) is 6.92. The predicted molar refractivity (Wildman–Crippen MR) is 124 cm³/mol. The van der Waals surface area contributed by atoms with Gasteiger partial charge in [-0.3, -0.25) is 0 Å². The second-order valence-electron chi connectivity index (χ2n) is 7.58. The zero-order valence-corrected chi connectivity index (χ0v) is 18.3. The van der Waals surface area contributed by atoms with Gasteiger partial charge in [-0.05, 0) is 90.9 Å². The number of nitrogens with two attached hydrogens (primary N) is 2. The number of nitrogen functional groups attached to an aromatic ring is 1. The number of ether oxygens (including phenoxy) is 2. The average molecular weight is 449 g/mol. The smallest absolute Gasteiger partial charge is 0.206 e. The first kappa shape index (κ1) is 21.7. The van der Waals surface area contributed by atoms with E-state index in [1.165, 1.54) is 24.3 Å². The van der Waals surface area contributed by atoms with Gasteiger partial charge in [0.1, 0.15) is 23.0 Å². The Morgan fingerprint density at radius 1 is 0.750 bits per heavy atom. The zero-order valence-electron chi connectivity index (χ0n) is 17.5. The molecule has 2 unspecified atom stereocenters. The standard InChI is InChI=1S/C25H24N2O4S/c1-17-16-22(10-15-25(17)27)31-21-8-13-24(14-9-21)32(28,29)23-11-6-20(7-12-23)30-19-4-2-18(26)3-5-19/h2-17,25H,26-27H2,1H3. The molecule has 0 saturated carbocycles. The number of hydrogen-bond donors (Lipinski definition) is 2. The van der Waals surface area contributed by atoms with Crippen molar-refractivity contribution in [2.45, 2.75) is 22.8 Å². The van der Waals surface area contributed by atoms with Crippen LogP contribution in [0, 0.1) is 5.92 Å². The van der Waals surface area contributed by atoms with Crippen LogP contribution in [0.5, 0.6) is 17.2 Å². The molecule has 0 heterocycles. The quantitative estimate of drug-likeness (QED) is 0.530. The van der Waals surface area contributed by atoms with Crippen LogP contribution in [-0.2, 0) is 9.84 Å². The molecule has 3 aromatic carbocycles. The molecule has 32 heavy (non-hydrogen) atoms. The summed E-state index contributed by atoms with van der Waals surface area (Å²) >= 11 is 0. The molecule has 0 fully saturated rings. The molecule has 0 aromatic heterocycles. The van der Waals surface area contributed by atoms with Gasteiger partial charge in [0.2, 0.25) is 9.84 Å². The van der Waals surface area contributed by atoms with Crippen molar-refractivity contribution >= 4 is 15.5 Å². The molecular formula is C25H24N2O4S. The van der Waals surface area contributed by atoms with E-state index < -0.39 is 9.84 Å². The van der Waals surface area contributed by atoms with Crippen LogP contribution in [0.4, 0.5) is 5.69 Å². The summed E-state index contributed by atoms with van der Waals surface area (Å²) < 4.78 is 37.5. The number of anilines is 1. The highest BCUT2D eigenvalue weighted by Gasteiger charge is 2.18. The highest BCUT2D eigenvalue weighted by atomic mass is 32.2. The Labute approximate surface area is 187 Å².